The molecule has 1 saturated heterocycles. The molecule has 1 N–H and O–H groups in total. The molecule has 2 aliphatic rings. The highest BCUT2D eigenvalue weighted by Crippen LogP contribution is 2.18. The number of nitrogens with one attached hydrogen (secondary N) is 1. The van der Waals surface area contributed by atoms with Crippen molar-refractivity contribution in [2.24, 2.45) is 0 Å². The Balaban J connectivity index is 1.41. The molecule has 1 saturated carbocycles. The van der Waals surface area contributed by atoms with Crippen molar-refractivity contribution < 1.29 is 14.3 Å². The first-order chi connectivity index (χ1) is 12.1. The van der Waals surface area contributed by atoms with Gasteiger partial charge in [-0.1, -0.05) is 31.0 Å². The van der Waals surface area contributed by atoms with Gasteiger partial charge in [-0.2, -0.15) is 0 Å². The molecular formula is C19H27N3O3. The maximum absolute atomic E-state index is 12.3. The fraction of sp³-hybridized carbons (Fsp3) is 0.579. The first-order valence-electron chi connectivity index (χ1n) is 9.15. The van der Waals surface area contributed by atoms with E-state index in [0.29, 0.717) is 32.2 Å². The second-order valence-corrected chi connectivity index (χ2v) is 6.85. The fourth-order valence-electron chi connectivity index (χ4n) is 3.44. The Morgan fingerprint density at radius 1 is 1.08 bits per heavy atom. The molecule has 136 valence electrons. The highest BCUT2D eigenvalue weighted by Gasteiger charge is 2.26. The van der Waals surface area contributed by atoms with Crippen molar-refractivity contribution in [3.8, 4) is 5.75 Å². The van der Waals surface area contributed by atoms with Gasteiger partial charge in [0.1, 0.15) is 5.75 Å². The second-order valence-electron chi connectivity index (χ2n) is 6.85. The van der Waals surface area contributed by atoms with Crippen LogP contribution in [-0.4, -0.2) is 60.6 Å². The summed E-state index contributed by atoms with van der Waals surface area (Å²) in [5, 5.41) is 3.10. The summed E-state index contributed by atoms with van der Waals surface area (Å²) in [5.41, 5.74) is 1.02. The Labute approximate surface area is 149 Å². The van der Waals surface area contributed by atoms with E-state index in [1.165, 1.54) is 12.8 Å². The topological polar surface area (TPSA) is 61.9 Å². The van der Waals surface area contributed by atoms with E-state index in [0.717, 1.165) is 24.2 Å². The number of benzene rings is 1. The lowest BCUT2D eigenvalue weighted by atomic mass is 10.2. The van der Waals surface area contributed by atoms with Gasteiger partial charge in [-0.25, -0.2) is 4.79 Å². The Kier molecular flexibility index (Phi) is 5.79. The van der Waals surface area contributed by atoms with Crippen LogP contribution in [0.3, 0.4) is 0 Å². The molecule has 0 aromatic heterocycles. The Bertz CT molecular complexity index is 606. The molecule has 2 fully saturated rings. The van der Waals surface area contributed by atoms with Crippen molar-refractivity contribution in [2.75, 3.05) is 32.8 Å². The molecule has 6 nitrogen and oxygen atoms in total. The molecule has 3 rings (SSSR count). The lowest BCUT2D eigenvalue weighted by Gasteiger charge is -2.35. The molecule has 0 bridgehead atoms. The van der Waals surface area contributed by atoms with Crippen LogP contribution in [0.1, 0.15) is 31.2 Å². The van der Waals surface area contributed by atoms with Crippen LogP contribution in [0.2, 0.25) is 0 Å². The summed E-state index contributed by atoms with van der Waals surface area (Å²) < 4.78 is 5.63. The highest BCUT2D eigenvalue weighted by molar-refractivity contribution is 5.79. The number of carbonyl (C=O) groups excluding carboxylic acids is 2. The zero-order valence-electron chi connectivity index (χ0n) is 14.9. The Hall–Kier alpha value is -2.24. The average molecular weight is 345 g/mol. The number of urea groups is 1. The van der Waals surface area contributed by atoms with Gasteiger partial charge in [-0.15, -0.1) is 0 Å². The van der Waals surface area contributed by atoms with Crippen molar-refractivity contribution in [1.82, 2.24) is 15.1 Å². The predicted octanol–water partition coefficient (Wildman–Crippen LogP) is 2.17. The Morgan fingerprint density at radius 3 is 2.40 bits per heavy atom. The predicted molar refractivity (Wildman–Crippen MR) is 95.6 cm³/mol. The first-order valence-corrected chi connectivity index (χ1v) is 9.15. The van der Waals surface area contributed by atoms with E-state index in [-0.39, 0.29) is 18.5 Å². The minimum Gasteiger partial charge on any atom is -0.484 e. The average Bonchev–Trinajstić information content (AvgIpc) is 3.14. The van der Waals surface area contributed by atoms with E-state index < -0.39 is 0 Å². The summed E-state index contributed by atoms with van der Waals surface area (Å²) in [6.07, 6.45) is 4.57. The summed E-state index contributed by atoms with van der Waals surface area (Å²) in [7, 11) is 0. The monoisotopic (exact) mass is 345 g/mol. The molecule has 3 amide bonds. The van der Waals surface area contributed by atoms with Crippen LogP contribution >= 0.6 is 0 Å². The number of para-hydroxylation sites is 1. The molecule has 1 aromatic rings. The molecule has 1 aliphatic carbocycles. The van der Waals surface area contributed by atoms with Gasteiger partial charge >= 0.3 is 6.03 Å². The minimum absolute atomic E-state index is 0.00941. The third kappa shape index (κ3) is 4.65. The van der Waals surface area contributed by atoms with Crippen LogP contribution in [-0.2, 0) is 4.79 Å². The van der Waals surface area contributed by atoms with Gasteiger partial charge in [0, 0.05) is 32.2 Å². The van der Waals surface area contributed by atoms with Gasteiger partial charge in [0.05, 0.1) is 0 Å². The highest BCUT2D eigenvalue weighted by atomic mass is 16.5. The van der Waals surface area contributed by atoms with Gasteiger partial charge in [-0.3, -0.25) is 4.79 Å². The third-order valence-corrected chi connectivity index (χ3v) is 5.05. The van der Waals surface area contributed by atoms with Gasteiger partial charge in [-0.05, 0) is 31.4 Å². The lowest BCUT2D eigenvalue weighted by Crippen LogP contribution is -2.55. The van der Waals surface area contributed by atoms with Crippen molar-refractivity contribution in [3.63, 3.8) is 0 Å². The van der Waals surface area contributed by atoms with Crippen LogP contribution in [0.5, 0.6) is 5.75 Å². The number of rotatable bonds is 4. The van der Waals surface area contributed by atoms with E-state index >= 15 is 0 Å². The molecule has 6 heteroatoms. The molecule has 0 unspecified atom stereocenters. The summed E-state index contributed by atoms with van der Waals surface area (Å²) in [6.45, 7) is 4.28. The van der Waals surface area contributed by atoms with E-state index in [1.807, 2.05) is 36.1 Å². The molecule has 0 atom stereocenters. The van der Waals surface area contributed by atoms with Crippen LogP contribution < -0.4 is 10.1 Å². The number of piperazine rings is 1. The molecule has 25 heavy (non-hydrogen) atoms. The maximum atomic E-state index is 12.3. The van der Waals surface area contributed by atoms with Crippen LogP contribution in [0.25, 0.3) is 0 Å². The normalized spacial score (nSPS) is 18.3. The second kappa shape index (κ2) is 8.23. The van der Waals surface area contributed by atoms with E-state index in [1.54, 1.807) is 4.90 Å². The summed E-state index contributed by atoms with van der Waals surface area (Å²) in [4.78, 5) is 28.2. The standard InChI is InChI=1S/C19H27N3O3/c1-15-6-2-5-9-17(15)25-14-18(23)21-10-12-22(13-11-21)19(24)20-16-7-3-4-8-16/h2,5-6,9,16H,3-4,7-8,10-14H2,1H3,(H,20,24). The van der Waals surface area contributed by atoms with Crippen molar-refractivity contribution in [3.05, 3.63) is 29.8 Å². The fourth-order valence-corrected chi connectivity index (χ4v) is 3.44. The van der Waals surface area contributed by atoms with E-state index in [9.17, 15) is 9.59 Å². The van der Waals surface area contributed by atoms with Crippen molar-refractivity contribution in [1.29, 1.82) is 0 Å². The van der Waals surface area contributed by atoms with Crippen LogP contribution in [0.4, 0.5) is 4.79 Å². The molecular weight excluding hydrogens is 318 g/mol. The smallest absolute Gasteiger partial charge is 0.317 e. The number of hydrogen-bond donors (Lipinski definition) is 1. The zero-order valence-corrected chi connectivity index (χ0v) is 14.9. The molecule has 0 spiro atoms. The third-order valence-electron chi connectivity index (χ3n) is 5.05. The number of carbonyl (C=O) groups is 2. The van der Waals surface area contributed by atoms with Gasteiger partial charge in [0.2, 0.25) is 0 Å². The van der Waals surface area contributed by atoms with E-state index in [2.05, 4.69) is 5.32 Å². The number of nitrogens with zero attached hydrogens (tertiary/aromatic N) is 2. The molecule has 0 radical (unpaired) electrons. The van der Waals surface area contributed by atoms with Crippen LogP contribution in [0.15, 0.2) is 24.3 Å². The van der Waals surface area contributed by atoms with E-state index in [4.69, 9.17) is 4.74 Å². The number of hydrogen-bond acceptors (Lipinski definition) is 3. The minimum atomic E-state index is -0.0286. The largest absolute Gasteiger partial charge is 0.484 e. The zero-order chi connectivity index (χ0) is 17.6. The maximum Gasteiger partial charge on any atom is 0.317 e. The lowest BCUT2D eigenvalue weighted by molar-refractivity contribution is -0.134. The Morgan fingerprint density at radius 2 is 1.72 bits per heavy atom. The molecule has 1 heterocycles. The summed E-state index contributed by atoms with van der Waals surface area (Å²) in [5.74, 6) is 0.713. The van der Waals surface area contributed by atoms with Gasteiger partial charge < -0.3 is 19.9 Å². The first kappa shape index (κ1) is 17.6. The number of ether oxygens (including phenoxy) is 1. The van der Waals surface area contributed by atoms with Gasteiger partial charge in [0.15, 0.2) is 6.61 Å². The number of amides is 3. The SMILES string of the molecule is Cc1ccccc1OCC(=O)N1CCN(C(=O)NC2CCCC2)CC1. The van der Waals surface area contributed by atoms with Crippen molar-refractivity contribution in [2.45, 2.75) is 38.6 Å². The molecule has 1 aromatic carbocycles. The van der Waals surface area contributed by atoms with Crippen LogP contribution in [0, 0.1) is 6.92 Å². The molecule has 1 aliphatic heterocycles. The summed E-state index contributed by atoms with van der Waals surface area (Å²) >= 11 is 0. The van der Waals surface area contributed by atoms with Crippen molar-refractivity contribution >= 4 is 11.9 Å². The van der Waals surface area contributed by atoms with Gasteiger partial charge in [0.25, 0.3) is 5.91 Å². The quantitative estimate of drug-likeness (QED) is 0.910. The summed E-state index contributed by atoms with van der Waals surface area (Å²) in [6, 6.07) is 8.01. The number of aryl methyl sites for hydroxylation is 1.